The van der Waals surface area contributed by atoms with Gasteiger partial charge in [0.25, 0.3) is 0 Å². The lowest BCUT2D eigenvalue weighted by atomic mass is 10.2. The molecule has 0 aromatic heterocycles. The second-order valence-electron chi connectivity index (χ2n) is 4.59. The molecule has 0 saturated heterocycles. The van der Waals surface area contributed by atoms with Crippen LogP contribution in [0.1, 0.15) is 11.1 Å². The Kier molecular flexibility index (Phi) is 3.70. The molecule has 0 unspecified atom stereocenters. The molecule has 0 bridgehead atoms. The third-order valence-corrected chi connectivity index (χ3v) is 3.14. The van der Waals surface area contributed by atoms with Crippen LogP contribution < -0.4 is 4.74 Å². The number of esters is 1. The predicted octanol–water partition coefficient (Wildman–Crippen LogP) is 3.18. The molecule has 2 aromatic rings. The molecule has 22 heavy (non-hydrogen) atoms. The Hall–Kier alpha value is -2.95. The van der Waals surface area contributed by atoms with Crippen LogP contribution >= 0.6 is 0 Å². The van der Waals surface area contributed by atoms with Gasteiger partial charge in [-0.2, -0.15) is 0 Å². The molecule has 0 fully saturated rings. The Bertz CT molecular complexity index is 779. The first-order valence-corrected chi connectivity index (χ1v) is 6.59. The summed E-state index contributed by atoms with van der Waals surface area (Å²) in [5.41, 5.74) is 1.06. The zero-order valence-corrected chi connectivity index (χ0v) is 11.7. The van der Waals surface area contributed by atoms with Crippen molar-refractivity contribution in [1.29, 1.82) is 0 Å². The summed E-state index contributed by atoms with van der Waals surface area (Å²) in [7, 11) is 1.58. The van der Waals surface area contributed by atoms with Crippen molar-refractivity contribution in [2.24, 2.45) is 4.99 Å². The first kappa shape index (κ1) is 14.0. The summed E-state index contributed by atoms with van der Waals surface area (Å²) < 4.78 is 23.8. The lowest BCUT2D eigenvalue weighted by Crippen LogP contribution is -2.07. The van der Waals surface area contributed by atoms with Crippen LogP contribution in [0.2, 0.25) is 0 Å². The van der Waals surface area contributed by atoms with Gasteiger partial charge in [-0.15, -0.1) is 0 Å². The number of cyclic esters (lactones) is 1. The summed E-state index contributed by atoms with van der Waals surface area (Å²) in [6.07, 6.45) is 1.58. The number of benzene rings is 2. The van der Waals surface area contributed by atoms with E-state index in [9.17, 15) is 9.18 Å². The Morgan fingerprint density at radius 3 is 2.55 bits per heavy atom. The molecule has 0 spiro atoms. The minimum Gasteiger partial charge on any atom is -0.497 e. The van der Waals surface area contributed by atoms with E-state index in [0.717, 1.165) is 5.56 Å². The van der Waals surface area contributed by atoms with Crippen LogP contribution in [0, 0.1) is 5.82 Å². The fraction of sp³-hybridized carbons (Fsp3) is 0.0588. The van der Waals surface area contributed by atoms with Crippen LogP contribution in [-0.4, -0.2) is 19.0 Å². The standard InChI is InChI=1S/C17H12FNO3/c1-21-12-8-6-11(7-9-12)10-15-17(20)22-16(19-15)13-4-2-3-5-14(13)18/h2-10H,1H3/b15-10+. The average Bonchev–Trinajstić information content (AvgIpc) is 2.89. The molecule has 3 rings (SSSR count). The number of hydrogen-bond acceptors (Lipinski definition) is 4. The van der Waals surface area contributed by atoms with E-state index < -0.39 is 11.8 Å². The van der Waals surface area contributed by atoms with Gasteiger partial charge in [0.05, 0.1) is 12.7 Å². The molecule has 0 radical (unpaired) electrons. The molecular weight excluding hydrogens is 285 g/mol. The van der Waals surface area contributed by atoms with Crippen LogP contribution in [0.15, 0.2) is 59.2 Å². The Balaban J connectivity index is 1.92. The molecule has 0 N–H and O–H groups in total. The summed E-state index contributed by atoms with van der Waals surface area (Å²) in [5, 5.41) is 0. The van der Waals surface area contributed by atoms with Crippen molar-refractivity contribution in [3.8, 4) is 5.75 Å². The number of halogens is 1. The van der Waals surface area contributed by atoms with E-state index in [2.05, 4.69) is 4.99 Å². The van der Waals surface area contributed by atoms with Gasteiger partial charge in [-0.3, -0.25) is 0 Å². The highest BCUT2D eigenvalue weighted by Gasteiger charge is 2.25. The highest BCUT2D eigenvalue weighted by atomic mass is 19.1. The number of hydrogen-bond donors (Lipinski definition) is 0. The number of methoxy groups -OCH3 is 1. The molecule has 0 atom stereocenters. The second kappa shape index (κ2) is 5.81. The molecule has 0 saturated carbocycles. The van der Waals surface area contributed by atoms with Gasteiger partial charge in [0.2, 0.25) is 5.90 Å². The minimum atomic E-state index is -0.603. The van der Waals surface area contributed by atoms with Crippen molar-refractivity contribution < 1.29 is 18.7 Å². The predicted molar refractivity (Wildman–Crippen MR) is 80.0 cm³/mol. The Morgan fingerprint density at radius 2 is 1.86 bits per heavy atom. The lowest BCUT2D eigenvalue weighted by Gasteiger charge is -1.99. The van der Waals surface area contributed by atoms with Crippen LogP contribution in [-0.2, 0) is 9.53 Å². The summed E-state index contributed by atoms with van der Waals surface area (Å²) in [6.45, 7) is 0. The van der Waals surface area contributed by atoms with Crippen molar-refractivity contribution in [2.75, 3.05) is 7.11 Å². The number of rotatable bonds is 3. The van der Waals surface area contributed by atoms with Gasteiger partial charge in [-0.1, -0.05) is 24.3 Å². The fourth-order valence-electron chi connectivity index (χ4n) is 2.02. The molecule has 110 valence electrons. The Morgan fingerprint density at radius 1 is 1.14 bits per heavy atom. The lowest BCUT2D eigenvalue weighted by molar-refractivity contribution is -0.129. The molecule has 1 aliphatic heterocycles. The summed E-state index contributed by atoms with van der Waals surface area (Å²) in [6, 6.07) is 13.1. The summed E-state index contributed by atoms with van der Waals surface area (Å²) >= 11 is 0. The number of carbonyl (C=O) groups is 1. The third kappa shape index (κ3) is 2.74. The van der Waals surface area contributed by atoms with Crippen molar-refractivity contribution in [1.82, 2.24) is 0 Å². The molecular formula is C17H12FNO3. The first-order valence-electron chi connectivity index (χ1n) is 6.59. The van der Waals surface area contributed by atoms with Gasteiger partial charge in [0.1, 0.15) is 11.6 Å². The van der Waals surface area contributed by atoms with Gasteiger partial charge < -0.3 is 9.47 Å². The van der Waals surface area contributed by atoms with Crippen molar-refractivity contribution in [3.05, 3.63) is 71.2 Å². The maximum Gasteiger partial charge on any atom is 0.363 e. The normalized spacial score (nSPS) is 15.6. The van der Waals surface area contributed by atoms with Crippen molar-refractivity contribution in [3.63, 3.8) is 0 Å². The minimum absolute atomic E-state index is 0.0251. The zero-order valence-electron chi connectivity index (χ0n) is 11.7. The fourth-order valence-corrected chi connectivity index (χ4v) is 2.02. The van der Waals surface area contributed by atoms with E-state index in [1.807, 2.05) is 0 Å². The van der Waals surface area contributed by atoms with Gasteiger partial charge in [-0.05, 0) is 35.9 Å². The van der Waals surface area contributed by atoms with Crippen LogP contribution in [0.3, 0.4) is 0 Å². The average molecular weight is 297 g/mol. The van der Waals surface area contributed by atoms with Crippen LogP contribution in [0.25, 0.3) is 6.08 Å². The smallest absolute Gasteiger partial charge is 0.363 e. The number of nitrogens with zero attached hydrogens (tertiary/aromatic N) is 1. The van der Waals surface area contributed by atoms with E-state index in [1.165, 1.54) is 12.1 Å². The molecule has 2 aromatic carbocycles. The van der Waals surface area contributed by atoms with Gasteiger partial charge in [0, 0.05) is 0 Å². The van der Waals surface area contributed by atoms with Crippen LogP contribution in [0.4, 0.5) is 4.39 Å². The highest BCUT2D eigenvalue weighted by Crippen LogP contribution is 2.21. The molecule has 5 heteroatoms. The van der Waals surface area contributed by atoms with Gasteiger partial charge in [-0.25, -0.2) is 14.2 Å². The SMILES string of the molecule is COc1ccc(/C=C2/N=C(c3ccccc3F)OC2=O)cc1. The van der Waals surface area contributed by atoms with E-state index in [0.29, 0.717) is 5.75 Å². The molecule has 1 heterocycles. The van der Waals surface area contributed by atoms with Crippen molar-refractivity contribution in [2.45, 2.75) is 0 Å². The van der Waals surface area contributed by atoms with Crippen LogP contribution in [0.5, 0.6) is 5.75 Å². The van der Waals surface area contributed by atoms with Crippen molar-refractivity contribution >= 4 is 17.9 Å². The number of ether oxygens (including phenoxy) is 2. The monoisotopic (exact) mass is 297 g/mol. The third-order valence-electron chi connectivity index (χ3n) is 3.14. The number of carbonyl (C=O) groups excluding carboxylic acids is 1. The van der Waals surface area contributed by atoms with E-state index in [1.54, 1.807) is 49.6 Å². The van der Waals surface area contributed by atoms with E-state index in [4.69, 9.17) is 9.47 Å². The quantitative estimate of drug-likeness (QED) is 0.646. The molecule has 4 nitrogen and oxygen atoms in total. The Labute approximate surface area is 126 Å². The number of aliphatic imine (C=N–C) groups is 1. The van der Waals surface area contributed by atoms with Gasteiger partial charge in [0.15, 0.2) is 5.70 Å². The van der Waals surface area contributed by atoms with Gasteiger partial charge >= 0.3 is 5.97 Å². The first-order chi connectivity index (χ1) is 10.7. The molecule has 0 aliphatic carbocycles. The summed E-state index contributed by atoms with van der Waals surface area (Å²) in [5.74, 6) is -0.400. The maximum atomic E-state index is 13.7. The molecule has 1 aliphatic rings. The maximum absolute atomic E-state index is 13.7. The molecule has 0 amide bonds. The van der Waals surface area contributed by atoms with E-state index in [-0.39, 0.29) is 17.2 Å². The summed E-state index contributed by atoms with van der Waals surface area (Å²) in [4.78, 5) is 15.9. The topological polar surface area (TPSA) is 47.9 Å². The highest BCUT2D eigenvalue weighted by molar-refractivity contribution is 6.12. The van der Waals surface area contributed by atoms with E-state index >= 15 is 0 Å². The second-order valence-corrected chi connectivity index (χ2v) is 4.59. The zero-order chi connectivity index (χ0) is 15.5. The largest absolute Gasteiger partial charge is 0.497 e.